The van der Waals surface area contributed by atoms with Crippen LogP contribution < -0.4 is 9.47 Å². The zero-order valence-electron chi connectivity index (χ0n) is 9.36. The molecule has 0 aliphatic heterocycles. The third-order valence-electron chi connectivity index (χ3n) is 2.21. The topological polar surface area (TPSA) is 47.1 Å². The number of hydrogen-bond donors (Lipinski definition) is 1. The molecule has 0 aliphatic carbocycles. The molecule has 0 amide bonds. The zero-order valence-corrected chi connectivity index (χ0v) is 9.36. The predicted molar refractivity (Wildman–Crippen MR) is 60.7 cm³/mol. The molecule has 0 saturated heterocycles. The average molecular weight is 218 g/mol. The lowest BCUT2D eigenvalue weighted by Crippen LogP contribution is -1.97. The van der Waals surface area contributed by atoms with Gasteiger partial charge >= 0.3 is 0 Å². The fraction of sp³-hybridized carbons (Fsp3) is 0.250. The van der Waals surface area contributed by atoms with Crippen LogP contribution in [0.1, 0.15) is 11.5 Å². The second-order valence-corrected chi connectivity index (χ2v) is 3.43. The molecule has 16 heavy (non-hydrogen) atoms. The Balaban J connectivity index is 2.04. The Kier molecular flexibility index (Phi) is 3.10. The molecule has 1 aromatic carbocycles. The van der Waals surface area contributed by atoms with E-state index in [1.165, 1.54) is 0 Å². The number of aromatic nitrogens is 2. The quantitative estimate of drug-likeness (QED) is 0.856. The summed E-state index contributed by atoms with van der Waals surface area (Å²) in [6.07, 6.45) is 1.77. The van der Waals surface area contributed by atoms with Crippen molar-refractivity contribution in [2.75, 3.05) is 7.11 Å². The molecule has 0 radical (unpaired) electrons. The van der Waals surface area contributed by atoms with Crippen LogP contribution in [0.2, 0.25) is 0 Å². The van der Waals surface area contributed by atoms with Gasteiger partial charge in [-0.3, -0.25) is 0 Å². The first-order valence-electron chi connectivity index (χ1n) is 5.06. The minimum atomic E-state index is 0.460. The number of nitrogens with zero attached hydrogens (tertiary/aromatic N) is 1. The molecular formula is C12H14N2O2. The van der Waals surface area contributed by atoms with Crippen LogP contribution in [0.25, 0.3) is 0 Å². The Bertz CT molecular complexity index is 466. The van der Waals surface area contributed by atoms with Crippen molar-refractivity contribution in [3.05, 3.63) is 42.0 Å². The zero-order chi connectivity index (χ0) is 11.4. The molecule has 1 N–H and O–H groups in total. The van der Waals surface area contributed by atoms with E-state index in [-0.39, 0.29) is 0 Å². The first kappa shape index (κ1) is 10.5. The fourth-order valence-corrected chi connectivity index (χ4v) is 1.44. The maximum atomic E-state index is 5.63. The maximum absolute atomic E-state index is 5.63. The lowest BCUT2D eigenvalue weighted by molar-refractivity contribution is 0.281. The Labute approximate surface area is 94.2 Å². The highest BCUT2D eigenvalue weighted by Gasteiger charge is 2.03. The van der Waals surface area contributed by atoms with Crippen LogP contribution >= 0.6 is 0 Å². The molecule has 84 valence electrons. The summed E-state index contributed by atoms with van der Waals surface area (Å²) in [4.78, 5) is 7.21. The molecule has 4 nitrogen and oxygen atoms in total. The number of H-pyrrole nitrogens is 1. The summed E-state index contributed by atoms with van der Waals surface area (Å²) in [5, 5.41) is 0. The van der Waals surface area contributed by atoms with Gasteiger partial charge < -0.3 is 14.5 Å². The standard InChI is InChI=1S/C12H14N2O2/c1-9-13-7-10(14-9)8-16-12-6-4-3-5-11(12)15-2/h3-7H,8H2,1-2H3,(H,13,14). The van der Waals surface area contributed by atoms with Crippen molar-refractivity contribution in [3.8, 4) is 11.5 Å². The Hall–Kier alpha value is -1.97. The van der Waals surface area contributed by atoms with Crippen molar-refractivity contribution in [3.63, 3.8) is 0 Å². The van der Waals surface area contributed by atoms with Crippen molar-refractivity contribution < 1.29 is 9.47 Å². The highest BCUT2D eigenvalue weighted by Crippen LogP contribution is 2.26. The third kappa shape index (κ3) is 2.34. The van der Waals surface area contributed by atoms with Crippen LogP contribution in [0.4, 0.5) is 0 Å². The molecule has 1 aromatic heterocycles. The second kappa shape index (κ2) is 4.70. The number of hydrogen-bond acceptors (Lipinski definition) is 3. The number of aromatic amines is 1. The monoisotopic (exact) mass is 218 g/mol. The molecule has 0 saturated carbocycles. The van der Waals surface area contributed by atoms with Crippen molar-refractivity contribution in [2.45, 2.75) is 13.5 Å². The first-order chi connectivity index (χ1) is 7.79. The van der Waals surface area contributed by atoms with E-state index in [9.17, 15) is 0 Å². The molecule has 2 rings (SSSR count). The van der Waals surface area contributed by atoms with Gasteiger partial charge in [0.1, 0.15) is 12.4 Å². The van der Waals surface area contributed by atoms with Crippen LogP contribution in [0, 0.1) is 6.92 Å². The number of para-hydroxylation sites is 2. The van der Waals surface area contributed by atoms with Crippen LogP contribution in [0.3, 0.4) is 0 Å². The van der Waals surface area contributed by atoms with Gasteiger partial charge in [-0.15, -0.1) is 0 Å². The van der Waals surface area contributed by atoms with Crippen LogP contribution in [-0.2, 0) is 6.61 Å². The normalized spacial score (nSPS) is 10.1. The number of aryl methyl sites for hydroxylation is 1. The minimum Gasteiger partial charge on any atom is -0.493 e. The van der Waals surface area contributed by atoms with E-state index in [1.54, 1.807) is 13.3 Å². The van der Waals surface area contributed by atoms with Crippen LogP contribution in [-0.4, -0.2) is 17.1 Å². The summed E-state index contributed by atoms with van der Waals surface area (Å²) >= 11 is 0. The Morgan fingerprint density at radius 3 is 2.62 bits per heavy atom. The van der Waals surface area contributed by atoms with Gasteiger partial charge in [-0.1, -0.05) is 12.1 Å². The lowest BCUT2D eigenvalue weighted by atomic mass is 10.3. The van der Waals surface area contributed by atoms with Gasteiger partial charge in [0.05, 0.1) is 19.0 Å². The van der Waals surface area contributed by atoms with Gasteiger partial charge in [0.25, 0.3) is 0 Å². The Morgan fingerprint density at radius 1 is 1.25 bits per heavy atom. The number of nitrogens with one attached hydrogen (secondary N) is 1. The van der Waals surface area contributed by atoms with Gasteiger partial charge in [0.2, 0.25) is 0 Å². The molecule has 0 atom stereocenters. The van der Waals surface area contributed by atoms with E-state index >= 15 is 0 Å². The molecule has 1 heterocycles. The van der Waals surface area contributed by atoms with Crippen molar-refractivity contribution in [2.24, 2.45) is 0 Å². The second-order valence-electron chi connectivity index (χ2n) is 3.43. The maximum Gasteiger partial charge on any atom is 0.161 e. The highest BCUT2D eigenvalue weighted by atomic mass is 16.5. The number of rotatable bonds is 4. The van der Waals surface area contributed by atoms with E-state index in [0.29, 0.717) is 6.61 Å². The van der Waals surface area contributed by atoms with Crippen LogP contribution in [0.5, 0.6) is 11.5 Å². The van der Waals surface area contributed by atoms with E-state index in [2.05, 4.69) is 9.97 Å². The fourth-order valence-electron chi connectivity index (χ4n) is 1.44. The largest absolute Gasteiger partial charge is 0.493 e. The smallest absolute Gasteiger partial charge is 0.161 e. The van der Waals surface area contributed by atoms with Gasteiger partial charge in [0, 0.05) is 0 Å². The van der Waals surface area contributed by atoms with Crippen LogP contribution in [0.15, 0.2) is 30.5 Å². The summed E-state index contributed by atoms with van der Waals surface area (Å²) in [6.45, 7) is 2.37. The third-order valence-corrected chi connectivity index (χ3v) is 2.21. The summed E-state index contributed by atoms with van der Waals surface area (Å²) in [6, 6.07) is 7.57. The molecule has 0 aliphatic rings. The molecule has 4 heteroatoms. The van der Waals surface area contributed by atoms with Gasteiger partial charge in [-0.2, -0.15) is 0 Å². The summed E-state index contributed by atoms with van der Waals surface area (Å²) in [5.74, 6) is 2.36. The van der Waals surface area contributed by atoms with Crippen molar-refractivity contribution in [1.82, 2.24) is 9.97 Å². The van der Waals surface area contributed by atoms with E-state index in [0.717, 1.165) is 23.0 Å². The molecule has 0 spiro atoms. The molecule has 2 aromatic rings. The lowest BCUT2D eigenvalue weighted by Gasteiger charge is -2.08. The predicted octanol–water partition coefficient (Wildman–Crippen LogP) is 2.31. The van der Waals surface area contributed by atoms with Gasteiger partial charge in [-0.25, -0.2) is 4.98 Å². The van der Waals surface area contributed by atoms with Gasteiger partial charge in [-0.05, 0) is 19.1 Å². The summed E-state index contributed by atoms with van der Waals surface area (Å²) < 4.78 is 10.8. The first-order valence-corrected chi connectivity index (χ1v) is 5.06. The SMILES string of the molecule is COc1ccccc1OCc1cnc(C)[nH]1. The average Bonchev–Trinajstić information content (AvgIpc) is 2.73. The molecule has 0 unspecified atom stereocenters. The van der Waals surface area contributed by atoms with Crippen molar-refractivity contribution in [1.29, 1.82) is 0 Å². The number of benzene rings is 1. The Morgan fingerprint density at radius 2 is 2.00 bits per heavy atom. The summed E-state index contributed by atoms with van der Waals surface area (Å²) in [7, 11) is 1.63. The number of ether oxygens (including phenoxy) is 2. The number of methoxy groups -OCH3 is 1. The van der Waals surface area contributed by atoms with E-state index in [1.807, 2.05) is 31.2 Å². The molecule has 0 bridgehead atoms. The minimum absolute atomic E-state index is 0.460. The number of imidazole rings is 1. The van der Waals surface area contributed by atoms with Crippen molar-refractivity contribution >= 4 is 0 Å². The molecule has 0 fully saturated rings. The highest BCUT2D eigenvalue weighted by molar-refractivity contribution is 5.39. The molecular weight excluding hydrogens is 204 g/mol. The van der Waals surface area contributed by atoms with E-state index < -0.39 is 0 Å². The van der Waals surface area contributed by atoms with Gasteiger partial charge in [0.15, 0.2) is 11.5 Å². The summed E-state index contributed by atoms with van der Waals surface area (Å²) in [5.41, 5.74) is 0.948. The van der Waals surface area contributed by atoms with E-state index in [4.69, 9.17) is 9.47 Å².